The first-order chi connectivity index (χ1) is 10.1. The molecule has 0 saturated heterocycles. The van der Waals surface area contributed by atoms with Crippen molar-refractivity contribution in [2.45, 2.75) is 33.0 Å². The summed E-state index contributed by atoms with van der Waals surface area (Å²) in [6.45, 7) is 5.68. The molecule has 0 aliphatic carbocycles. The van der Waals surface area contributed by atoms with Gasteiger partial charge in [0, 0.05) is 0 Å². The second-order valence-corrected chi connectivity index (χ2v) is 4.71. The number of rotatable bonds is 6. The van der Waals surface area contributed by atoms with Crippen molar-refractivity contribution in [2.24, 2.45) is 5.84 Å². The fourth-order valence-corrected chi connectivity index (χ4v) is 1.67. The van der Waals surface area contributed by atoms with Crippen LogP contribution in [-0.4, -0.2) is 21.1 Å². The smallest absolute Gasteiger partial charge is 0.325 e. The molecule has 0 radical (unpaired) electrons. The predicted molar refractivity (Wildman–Crippen MR) is 78.9 cm³/mol. The number of hydrogen-bond donors (Lipinski definition) is 2. The Morgan fingerprint density at radius 1 is 0.952 bits per heavy atom. The summed E-state index contributed by atoms with van der Waals surface area (Å²) in [7, 11) is 0. The molecule has 1 unspecified atom stereocenters. The summed E-state index contributed by atoms with van der Waals surface area (Å²) >= 11 is 0. The first-order valence-corrected chi connectivity index (χ1v) is 6.69. The molecule has 0 saturated carbocycles. The normalized spacial score (nSPS) is 12.0. The van der Waals surface area contributed by atoms with E-state index in [0.717, 1.165) is 5.56 Å². The Morgan fingerprint density at radius 2 is 1.57 bits per heavy atom. The Kier molecular flexibility index (Phi) is 4.89. The highest BCUT2D eigenvalue weighted by Crippen LogP contribution is 2.21. The molecular formula is C14H19N5O2. The van der Waals surface area contributed by atoms with Crippen LogP contribution in [-0.2, 0) is 0 Å². The monoisotopic (exact) mass is 289 g/mol. The number of hydrogen-bond acceptors (Lipinski definition) is 7. The van der Waals surface area contributed by atoms with Crippen molar-refractivity contribution in [2.75, 3.05) is 5.43 Å². The second-order valence-electron chi connectivity index (χ2n) is 4.71. The Morgan fingerprint density at radius 3 is 2.14 bits per heavy atom. The molecule has 0 amide bonds. The summed E-state index contributed by atoms with van der Waals surface area (Å²) < 4.78 is 11.2. The van der Waals surface area contributed by atoms with Crippen LogP contribution >= 0.6 is 0 Å². The molecule has 1 heterocycles. The molecule has 21 heavy (non-hydrogen) atoms. The van der Waals surface area contributed by atoms with Gasteiger partial charge in [-0.15, -0.1) is 4.98 Å². The Hall–Kier alpha value is -2.41. The highest BCUT2D eigenvalue weighted by atomic mass is 16.5. The summed E-state index contributed by atoms with van der Waals surface area (Å²) in [5.74, 6) is 5.54. The van der Waals surface area contributed by atoms with E-state index in [1.165, 1.54) is 0 Å². The second kappa shape index (κ2) is 6.85. The van der Waals surface area contributed by atoms with E-state index in [-0.39, 0.29) is 30.2 Å². The standard InChI is InChI=1S/C14H19N5O2/c1-9(2)20-13-16-12(19-15)17-14(18-13)21-10(3)11-7-5-4-6-8-11/h4-10H,15H2,1-3H3,(H,16,17,18,19). The molecule has 7 nitrogen and oxygen atoms in total. The van der Waals surface area contributed by atoms with E-state index in [9.17, 15) is 0 Å². The van der Waals surface area contributed by atoms with Crippen molar-refractivity contribution in [3.63, 3.8) is 0 Å². The highest BCUT2D eigenvalue weighted by molar-refractivity contribution is 5.26. The Balaban J connectivity index is 2.18. The zero-order valence-corrected chi connectivity index (χ0v) is 12.3. The van der Waals surface area contributed by atoms with E-state index in [4.69, 9.17) is 15.3 Å². The minimum atomic E-state index is -0.203. The maximum Gasteiger partial charge on any atom is 0.325 e. The van der Waals surface area contributed by atoms with Gasteiger partial charge in [-0.3, -0.25) is 5.43 Å². The first kappa shape index (κ1) is 15.0. The van der Waals surface area contributed by atoms with Gasteiger partial charge in [0.1, 0.15) is 6.10 Å². The van der Waals surface area contributed by atoms with Gasteiger partial charge in [-0.1, -0.05) is 30.3 Å². The summed E-state index contributed by atoms with van der Waals surface area (Å²) in [5.41, 5.74) is 3.39. The lowest BCUT2D eigenvalue weighted by atomic mass is 10.1. The van der Waals surface area contributed by atoms with Crippen LogP contribution in [0.5, 0.6) is 12.0 Å². The van der Waals surface area contributed by atoms with Gasteiger partial charge in [0.2, 0.25) is 5.95 Å². The van der Waals surface area contributed by atoms with Crippen LogP contribution in [0.4, 0.5) is 5.95 Å². The van der Waals surface area contributed by atoms with Crippen LogP contribution in [0, 0.1) is 0 Å². The third-order valence-electron chi connectivity index (χ3n) is 2.62. The average molecular weight is 289 g/mol. The molecule has 0 aliphatic heterocycles. The fourth-order valence-electron chi connectivity index (χ4n) is 1.67. The first-order valence-electron chi connectivity index (χ1n) is 6.69. The van der Waals surface area contributed by atoms with Gasteiger partial charge in [0.25, 0.3) is 0 Å². The van der Waals surface area contributed by atoms with Crippen molar-refractivity contribution in [3.05, 3.63) is 35.9 Å². The number of anilines is 1. The van der Waals surface area contributed by atoms with Gasteiger partial charge >= 0.3 is 12.0 Å². The third-order valence-corrected chi connectivity index (χ3v) is 2.62. The van der Waals surface area contributed by atoms with Crippen LogP contribution in [0.15, 0.2) is 30.3 Å². The maximum absolute atomic E-state index is 5.73. The lowest BCUT2D eigenvalue weighted by Crippen LogP contribution is -2.16. The number of hydrazine groups is 1. The topological polar surface area (TPSA) is 95.2 Å². The molecule has 1 aromatic carbocycles. The van der Waals surface area contributed by atoms with Crippen LogP contribution in [0.1, 0.15) is 32.4 Å². The molecule has 112 valence electrons. The SMILES string of the molecule is CC(C)Oc1nc(NN)nc(OC(C)c2ccccc2)n1. The van der Waals surface area contributed by atoms with E-state index in [1.54, 1.807) is 0 Å². The van der Waals surface area contributed by atoms with E-state index >= 15 is 0 Å². The molecule has 1 aromatic heterocycles. The molecule has 0 bridgehead atoms. The molecule has 0 fully saturated rings. The van der Waals surface area contributed by atoms with Crippen LogP contribution in [0.3, 0.4) is 0 Å². The summed E-state index contributed by atoms with van der Waals surface area (Å²) in [6, 6.07) is 10.1. The molecular weight excluding hydrogens is 270 g/mol. The van der Waals surface area contributed by atoms with E-state index in [1.807, 2.05) is 51.1 Å². The highest BCUT2D eigenvalue weighted by Gasteiger charge is 2.13. The van der Waals surface area contributed by atoms with Gasteiger partial charge in [0.05, 0.1) is 6.10 Å². The molecule has 0 spiro atoms. The number of nitrogens with two attached hydrogens (primary N) is 1. The zero-order chi connectivity index (χ0) is 15.2. The molecule has 2 aromatic rings. The van der Waals surface area contributed by atoms with Crippen LogP contribution in [0.25, 0.3) is 0 Å². The quantitative estimate of drug-likeness (QED) is 0.621. The molecule has 7 heteroatoms. The van der Waals surface area contributed by atoms with Gasteiger partial charge in [-0.2, -0.15) is 9.97 Å². The largest absolute Gasteiger partial charge is 0.461 e. The number of nitrogen functional groups attached to an aromatic ring is 1. The van der Waals surface area contributed by atoms with Gasteiger partial charge in [-0.05, 0) is 26.3 Å². The van der Waals surface area contributed by atoms with Gasteiger partial charge in [-0.25, -0.2) is 5.84 Å². The van der Waals surface area contributed by atoms with Crippen molar-refractivity contribution in [3.8, 4) is 12.0 Å². The third kappa shape index (κ3) is 4.28. The van der Waals surface area contributed by atoms with E-state index < -0.39 is 0 Å². The van der Waals surface area contributed by atoms with Crippen LogP contribution < -0.4 is 20.7 Å². The van der Waals surface area contributed by atoms with Crippen molar-refractivity contribution < 1.29 is 9.47 Å². The molecule has 1 atom stereocenters. The summed E-state index contributed by atoms with van der Waals surface area (Å²) in [4.78, 5) is 12.2. The molecule has 3 N–H and O–H groups in total. The number of ether oxygens (including phenoxy) is 2. The number of nitrogens with zero attached hydrogens (tertiary/aromatic N) is 3. The summed E-state index contributed by atoms with van der Waals surface area (Å²) in [6.07, 6.45) is -0.261. The van der Waals surface area contributed by atoms with Crippen molar-refractivity contribution in [1.29, 1.82) is 0 Å². The Labute approximate surface area is 123 Å². The van der Waals surface area contributed by atoms with Gasteiger partial charge < -0.3 is 9.47 Å². The predicted octanol–water partition coefficient (Wildman–Crippen LogP) is 2.08. The lowest BCUT2D eigenvalue weighted by Gasteiger charge is -2.15. The summed E-state index contributed by atoms with van der Waals surface area (Å²) in [5, 5.41) is 0. The minimum Gasteiger partial charge on any atom is -0.461 e. The Bertz CT molecular complexity index is 577. The number of benzene rings is 1. The van der Waals surface area contributed by atoms with Crippen molar-refractivity contribution >= 4 is 5.95 Å². The molecule has 0 aliphatic rings. The van der Waals surface area contributed by atoms with Crippen LogP contribution in [0.2, 0.25) is 0 Å². The average Bonchev–Trinajstić information content (AvgIpc) is 2.47. The minimum absolute atomic E-state index is 0.0579. The van der Waals surface area contributed by atoms with E-state index in [2.05, 4.69) is 20.4 Å². The number of nitrogens with one attached hydrogen (secondary N) is 1. The number of aromatic nitrogens is 3. The van der Waals surface area contributed by atoms with Crippen molar-refractivity contribution in [1.82, 2.24) is 15.0 Å². The zero-order valence-electron chi connectivity index (χ0n) is 12.3. The molecule has 2 rings (SSSR count). The van der Waals surface area contributed by atoms with Gasteiger partial charge in [0.15, 0.2) is 0 Å². The lowest BCUT2D eigenvalue weighted by molar-refractivity contribution is 0.189. The maximum atomic E-state index is 5.73. The van der Waals surface area contributed by atoms with E-state index in [0.29, 0.717) is 0 Å². The fraction of sp³-hybridized carbons (Fsp3) is 0.357.